The first-order valence-corrected chi connectivity index (χ1v) is 10.3. The maximum absolute atomic E-state index is 15.2. The van der Waals surface area contributed by atoms with Crippen LogP contribution in [0, 0.1) is 5.82 Å². The lowest BCUT2D eigenvalue weighted by Crippen LogP contribution is -2.41. The van der Waals surface area contributed by atoms with Crippen LogP contribution in [0.25, 0.3) is 0 Å². The number of esters is 1. The highest BCUT2D eigenvalue weighted by molar-refractivity contribution is 7.90. The fraction of sp³-hybridized carbons (Fsp3) is 0.421. The van der Waals surface area contributed by atoms with Crippen molar-refractivity contribution in [2.75, 3.05) is 7.11 Å². The average Bonchev–Trinajstić information content (AvgIpc) is 2.68. The summed E-state index contributed by atoms with van der Waals surface area (Å²) in [7, 11) is 1.22. The summed E-state index contributed by atoms with van der Waals surface area (Å²) in [5.74, 6) is -1.62. The van der Waals surface area contributed by atoms with Crippen LogP contribution in [-0.2, 0) is 16.1 Å². The maximum Gasteiger partial charge on any atom is 0.358 e. The molecular formula is C19H23ClFN3O4S. The van der Waals surface area contributed by atoms with Crippen molar-refractivity contribution in [1.29, 1.82) is 0 Å². The van der Waals surface area contributed by atoms with Gasteiger partial charge in [0.15, 0.2) is 17.3 Å². The molecule has 29 heavy (non-hydrogen) atoms. The van der Waals surface area contributed by atoms with Crippen molar-refractivity contribution < 1.29 is 23.2 Å². The van der Waals surface area contributed by atoms with Gasteiger partial charge in [0.25, 0.3) is 0 Å². The summed E-state index contributed by atoms with van der Waals surface area (Å²) in [5, 5.41) is 0.0388. The summed E-state index contributed by atoms with van der Waals surface area (Å²) in [4.78, 5) is 19.2. The van der Waals surface area contributed by atoms with Crippen molar-refractivity contribution in [3.05, 3.63) is 46.6 Å². The summed E-state index contributed by atoms with van der Waals surface area (Å²) >= 11 is 4.72. The zero-order chi connectivity index (χ0) is 21.8. The van der Waals surface area contributed by atoms with E-state index in [2.05, 4.69) is 19.4 Å². The second kappa shape index (κ2) is 9.71. The molecule has 0 fully saturated rings. The molecule has 0 amide bonds. The number of nitrogens with one attached hydrogen (secondary N) is 1. The minimum absolute atomic E-state index is 0.0138. The lowest BCUT2D eigenvalue weighted by molar-refractivity contribution is 0.0593. The Kier molecular flexibility index (Phi) is 7.81. The van der Waals surface area contributed by atoms with Crippen molar-refractivity contribution in [3.63, 3.8) is 0 Å². The van der Waals surface area contributed by atoms with E-state index in [0.717, 1.165) is 6.20 Å². The quantitative estimate of drug-likeness (QED) is 0.501. The van der Waals surface area contributed by atoms with E-state index >= 15 is 4.39 Å². The maximum atomic E-state index is 15.2. The van der Waals surface area contributed by atoms with Crippen LogP contribution >= 0.6 is 11.6 Å². The number of aromatic nitrogens is 2. The molecule has 1 heterocycles. The van der Waals surface area contributed by atoms with E-state index < -0.39 is 33.9 Å². The molecular weight excluding hydrogens is 421 g/mol. The largest absolute Gasteiger partial charge is 0.598 e. The molecule has 1 aromatic carbocycles. The van der Waals surface area contributed by atoms with Gasteiger partial charge in [-0.15, -0.1) is 4.72 Å². The molecule has 0 aliphatic carbocycles. The molecule has 2 rings (SSSR count). The molecule has 2 atom stereocenters. The molecule has 0 aliphatic heterocycles. The van der Waals surface area contributed by atoms with E-state index in [0.29, 0.717) is 6.42 Å². The summed E-state index contributed by atoms with van der Waals surface area (Å²) < 4.78 is 40.1. The highest BCUT2D eigenvalue weighted by Crippen LogP contribution is 2.36. The van der Waals surface area contributed by atoms with E-state index in [-0.39, 0.29) is 27.9 Å². The van der Waals surface area contributed by atoms with E-state index in [9.17, 15) is 9.35 Å². The van der Waals surface area contributed by atoms with Gasteiger partial charge in [-0.05, 0) is 33.3 Å². The van der Waals surface area contributed by atoms with Crippen LogP contribution in [0.15, 0.2) is 24.5 Å². The summed E-state index contributed by atoms with van der Waals surface area (Å²) in [5.41, 5.74) is 0.253. The van der Waals surface area contributed by atoms with Crippen LogP contribution in [0.3, 0.4) is 0 Å². The normalized spacial score (nSPS) is 13.7. The number of halogens is 2. The van der Waals surface area contributed by atoms with Crippen molar-refractivity contribution in [3.8, 4) is 11.6 Å². The topological polar surface area (TPSA) is 96.4 Å². The van der Waals surface area contributed by atoms with Gasteiger partial charge in [0.1, 0.15) is 4.75 Å². The Morgan fingerprint density at radius 1 is 1.34 bits per heavy atom. The van der Waals surface area contributed by atoms with Crippen molar-refractivity contribution in [1.82, 2.24) is 14.7 Å². The number of carbonyl (C=O) groups is 1. The van der Waals surface area contributed by atoms with Crippen LogP contribution in [0.5, 0.6) is 11.6 Å². The molecule has 2 aromatic rings. The third-order valence-electron chi connectivity index (χ3n) is 3.90. The molecule has 1 aromatic heterocycles. The Hall–Kier alpha value is -1.94. The Labute approximate surface area is 177 Å². The van der Waals surface area contributed by atoms with Crippen LogP contribution in [-0.4, -0.2) is 32.3 Å². The first-order valence-electron chi connectivity index (χ1n) is 8.82. The molecule has 7 nitrogen and oxygen atoms in total. The van der Waals surface area contributed by atoms with Gasteiger partial charge < -0.3 is 14.0 Å². The molecule has 10 heteroatoms. The SMILES string of the molecule is CCC(N[S@+]([O-])C(C)(C)C)c1ccc(Cl)c(Oc2cnc(C(=O)OC)cn2)c1F. The monoisotopic (exact) mass is 443 g/mol. The number of carbonyl (C=O) groups excluding carboxylic acids is 1. The Bertz CT molecular complexity index is 862. The van der Waals surface area contributed by atoms with Gasteiger partial charge >= 0.3 is 5.97 Å². The van der Waals surface area contributed by atoms with Gasteiger partial charge in [-0.25, -0.2) is 19.2 Å². The van der Waals surface area contributed by atoms with Gasteiger partial charge in [0.05, 0.1) is 30.6 Å². The standard InChI is InChI=1S/C19H23ClFN3O4S/c1-6-13(24-29(26)19(2,3)4)11-7-8-12(20)17(16(11)21)28-15-10-22-14(9-23-15)18(25)27-5/h7-10,13,24H,6H2,1-5H3/t13?,29-/m1/s1. The van der Waals surface area contributed by atoms with E-state index in [4.69, 9.17) is 16.3 Å². The predicted octanol–water partition coefficient (Wildman–Crippen LogP) is 4.35. The average molecular weight is 444 g/mol. The number of hydrogen-bond acceptors (Lipinski definition) is 7. The Morgan fingerprint density at radius 2 is 2.03 bits per heavy atom. The molecule has 0 saturated carbocycles. The highest BCUT2D eigenvalue weighted by Gasteiger charge is 2.31. The molecule has 0 bridgehead atoms. The second-order valence-corrected chi connectivity index (χ2v) is 9.48. The first kappa shape index (κ1) is 23.3. The van der Waals surface area contributed by atoms with Gasteiger partial charge in [0.2, 0.25) is 5.88 Å². The summed E-state index contributed by atoms with van der Waals surface area (Å²) in [6.07, 6.45) is 2.81. The van der Waals surface area contributed by atoms with E-state index in [1.807, 2.05) is 27.7 Å². The van der Waals surface area contributed by atoms with Gasteiger partial charge in [-0.1, -0.05) is 24.6 Å². The lowest BCUT2D eigenvalue weighted by atomic mass is 10.0. The Morgan fingerprint density at radius 3 is 2.55 bits per heavy atom. The number of methoxy groups -OCH3 is 1. The number of ether oxygens (including phenoxy) is 2. The molecule has 0 aliphatic rings. The molecule has 0 saturated heterocycles. The predicted molar refractivity (Wildman–Crippen MR) is 109 cm³/mol. The molecule has 1 N–H and O–H groups in total. The molecule has 0 radical (unpaired) electrons. The van der Waals surface area contributed by atoms with Gasteiger partial charge in [0, 0.05) is 16.9 Å². The Balaban J connectivity index is 2.31. The van der Waals surface area contributed by atoms with Crippen LogP contribution in [0.2, 0.25) is 5.02 Å². The number of benzene rings is 1. The second-order valence-electron chi connectivity index (χ2n) is 7.07. The smallest absolute Gasteiger partial charge is 0.358 e. The number of nitrogens with zero attached hydrogens (tertiary/aromatic N) is 2. The minimum Gasteiger partial charge on any atom is -0.598 e. The summed E-state index contributed by atoms with van der Waals surface area (Å²) in [6.45, 7) is 7.33. The molecule has 0 spiro atoms. The zero-order valence-electron chi connectivity index (χ0n) is 16.8. The van der Waals surface area contributed by atoms with Crippen LogP contribution in [0.1, 0.15) is 56.2 Å². The van der Waals surface area contributed by atoms with Crippen LogP contribution in [0.4, 0.5) is 4.39 Å². The lowest BCUT2D eigenvalue weighted by Gasteiger charge is -2.28. The minimum atomic E-state index is -1.39. The van der Waals surface area contributed by atoms with Gasteiger partial charge in [-0.3, -0.25) is 0 Å². The molecule has 1 unspecified atom stereocenters. The fourth-order valence-electron chi connectivity index (χ4n) is 2.27. The fourth-order valence-corrected chi connectivity index (χ4v) is 3.36. The molecule has 158 valence electrons. The van der Waals surface area contributed by atoms with Gasteiger partial charge in [-0.2, -0.15) is 0 Å². The summed E-state index contributed by atoms with van der Waals surface area (Å²) in [6, 6.07) is 2.51. The third-order valence-corrected chi connectivity index (χ3v) is 5.81. The van der Waals surface area contributed by atoms with Crippen LogP contribution < -0.4 is 9.46 Å². The number of hydrogen-bond donors (Lipinski definition) is 1. The van der Waals surface area contributed by atoms with Crippen molar-refractivity contribution >= 4 is 28.9 Å². The van der Waals surface area contributed by atoms with Crippen molar-refractivity contribution in [2.24, 2.45) is 0 Å². The van der Waals surface area contributed by atoms with E-state index in [1.54, 1.807) is 0 Å². The third kappa shape index (κ3) is 5.79. The zero-order valence-corrected chi connectivity index (χ0v) is 18.4. The first-order chi connectivity index (χ1) is 13.6. The van der Waals surface area contributed by atoms with Crippen molar-refractivity contribution in [2.45, 2.75) is 44.9 Å². The highest BCUT2D eigenvalue weighted by atomic mass is 35.5. The van der Waals surface area contributed by atoms with E-state index in [1.165, 1.54) is 25.4 Å². The number of rotatable bonds is 7.